The summed E-state index contributed by atoms with van der Waals surface area (Å²) in [6.45, 7) is 9.40. The molecule has 1 aromatic heterocycles. The van der Waals surface area contributed by atoms with Gasteiger partial charge < -0.3 is 15.0 Å². The van der Waals surface area contributed by atoms with Gasteiger partial charge in [0.25, 0.3) is 0 Å². The maximum atomic E-state index is 12.5. The van der Waals surface area contributed by atoms with Crippen LogP contribution in [0.15, 0.2) is 12.3 Å². The predicted molar refractivity (Wildman–Crippen MR) is 90.1 cm³/mol. The van der Waals surface area contributed by atoms with Crippen LogP contribution in [-0.4, -0.2) is 45.0 Å². The Kier molecular flexibility index (Phi) is 5.68. The Labute approximate surface area is 139 Å². The van der Waals surface area contributed by atoms with Gasteiger partial charge in [-0.15, -0.1) is 0 Å². The van der Waals surface area contributed by atoms with E-state index in [-0.39, 0.29) is 18.2 Å². The first-order valence-corrected chi connectivity index (χ1v) is 8.48. The number of likely N-dealkylation sites (tertiary alicyclic amines) is 1. The maximum absolute atomic E-state index is 12.5. The Balaban J connectivity index is 1.96. The second kappa shape index (κ2) is 7.34. The summed E-state index contributed by atoms with van der Waals surface area (Å²) in [4.78, 5) is 14.4. The molecular weight excluding hydrogens is 292 g/mol. The number of hydrogen-bond acceptors (Lipinski definition) is 4. The molecule has 2 heterocycles. The van der Waals surface area contributed by atoms with E-state index in [1.165, 1.54) is 0 Å². The smallest absolute Gasteiger partial charge is 0.410 e. The SMILES string of the molecule is C[C@H](NCc1ccnn1C)[C@H]1CCCCN1C(=O)OC(C)(C)C. The van der Waals surface area contributed by atoms with Crippen LogP contribution in [0, 0.1) is 0 Å². The number of piperidine rings is 1. The van der Waals surface area contributed by atoms with E-state index in [4.69, 9.17) is 4.74 Å². The lowest BCUT2D eigenvalue weighted by Gasteiger charge is -2.40. The molecule has 1 saturated heterocycles. The Hall–Kier alpha value is -1.56. The Morgan fingerprint density at radius 1 is 1.48 bits per heavy atom. The van der Waals surface area contributed by atoms with Crippen molar-refractivity contribution in [3.8, 4) is 0 Å². The van der Waals surface area contributed by atoms with E-state index in [1.807, 2.05) is 43.5 Å². The molecule has 1 aliphatic rings. The van der Waals surface area contributed by atoms with Crippen LogP contribution in [0.25, 0.3) is 0 Å². The van der Waals surface area contributed by atoms with Crippen molar-refractivity contribution >= 4 is 6.09 Å². The molecule has 1 aromatic rings. The van der Waals surface area contributed by atoms with Crippen molar-refractivity contribution in [1.82, 2.24) is 20.0 Å². The van der Waals surface area contributed by atoms with E-state index in [1.54, 1.807) is 6.20 Å². The first kappa shape index (κ1) is 17.8. The summed E-state index contributed by atoms with van der Waals surface area (Å²) in [7, 11) is 1.94. The number of ether oxygens (including phenoxy) is 1. The molecule has 1 amide bonds. The zero-order chi connectivity index (χ0) is 17.0. The average molecular weight is 322 g/mol. The average Bonchev–Trinajstić information content (AvgIpc) is 2.88. The van der Waals surface area contributed by atoms with E-state index >= 15 is 0 Å². The molecule has 0 spiro atoms. The van der Waals surface area contributed by atoms with E-state index in [2.05, 4.69) is 17.3 Å². The van der Waals surface area contributed by atoms with Crippen molar-refractivity contribution in [3.05, 3.63) is 18.0 Å². The number of rotatable bonds is 4. The molecule has 0 bridgehead atoms. The molecule has 0 radical (unpaired) electrons. The van der Waals surface area contributed by atoms with E-state index in [9.17, 15) is 4.79 Å². The van der Waals surface area contributed by atoms with Crippen molar-refractivity contribution in [2.45, 2.75) is 71.2 Å². The van der Waals surface area contributed by atoms with Gasteiger partial charge in [0, 0.05) is 32.4 Å². The Bertz CT molecular complexity index is 521. The lowest BCUT2D eigenvalue weighted by atomic mass is 9.97. The maximum Gasteiger partial charge on any atom is 0.410 e. The molecule has 0 saturated carbocycles. The number of aromatic nitrogens is 2. The van der Waals surface area contributed by atoms with Gasteiger partial charge in [0.05, 0.1) is 11.7 Å². The third kappa shape index (κ3) is 4.96. The zero-order valence-corrected chi connectivity index (χ0v) is 15.0. The number of hydrogen-bond donors (Lipinski definition) is 1. The minimum absolute atomic E-state index is 0.173. The van der Waals surface area contributed by atoms with Crippen LogP contribution < -0.4 is 5.32 Å². The Morgan fingerprint density at radius 2 is 2.22 bits per heavy atom. The highest BCUT2D eigenvalue weighted by atomic mass is 16.6. The summed E-state index contributed by atoms with van der Waals surface area (Å²) in [5, 5.41) is 7.72. The zero-order valence-electron chi connectivity index (χ0n) is 15.0. The van der Waals surface area contributed by atoms with Crippen molar-refractivity contribution in [2.75, 3.05) is 6.54 Å². The van der Waals surface area contributed by atoms with Gasteiger partial charge in [0.2, 0.25) is 0 Å². The largest absolute Gasteiger partial charge is 0.444 e. The van der Waals surface area contributed by atoms with Crippen LogP contribution in [0.5, 0.6) is 0 Å². The summed E-state index contributed by atoms with van der Waals surface area (Å²) in [6, 6.07) is 2.39. The first-order valence-electron chi connectivity index (χ1n) is 8.48. The highest BCUT2D eigenvalue weighted by Gasteiger charge is 2.33. The quantitative estimate of drug-likeness (QED) is 0.926. The van der Waals surface area contributed by atoms with Crippen LogP contribution in [-0.2, 0) is 18.3 Å². The van der Waals surface area contributed by atoms with Gasteiger partial charge in [0.1, 0.15) is 5.60 Å². The molecule has 2 rings (SSSR count). The van der Waals surface area contributed by atoms with E-state index < -0.39 is 5.60 Å². The van der Waals surface area contributed by atoms with Crippen LogP contribution in [0.3, 0.4) is 0 Å². The van der Waals surface area contributed by atoms with Crippen molar-refractivity contribution < 1.29 is 9.53 Å². The minimum Gasteiger partial charge on any atom is -0.444 e. The summed E-state index contributed by atoms with van der Waals surface area (Å²) < 4.78 is 7.44. The molecule has 0 unspecified atom stereocenters. The molecule has 0 aromatic carbocycles. The molecule has 6 nitrogen and oxygen atoms in total. The monoisotopic (exact) mass is 322 g/mol. The van der Waals surface area contributed by atoms with Gasteiger partial charge in [-0.25, -0.2) is 4.79 Å². The van der Waals surface area contributed by atoms with Crippen LogP contribution in [0.1, 0.15) is 52.7 Å². The fourth-order valence-corrected chi connectivity index (χ4v) is 3.00. The van der Waals surface area contributed by atoms with Crippen molar-refractivity contribution in [1.29, 1.82) is 0 Å². The highest BCUT2D eigenvalue weighted by Crippen LogP contribution is 2.22. The van der Waals surface area contributed by atoms with Crippen molar-refractivity contribution in [3.63, 3.8) is 0 Å². The lowest BCUT2D eigenvalue weighted by Crippen LogP contribution is -2.54. The number of nitrogens with zero attached hydrogens (tertiary/aromatic N) is 3. The predicted octanol–water partition coefficient (Wildman–Crippen LogP) is 2.69. The van der Waals surface area contributed by atoms with E-state index in [0.29, 0.717) is 0 Å². The second-order valence-corrected chi connectivity index (χ2v) is 7.35. The highest BCUT2D eigenvalue weighted by molar-refractivity contribution is 5.68. The van der Waals surface area contributed by atoms with E-state index in [0.717, 1.165) is 38.0 Å². The summed E-state index contributed by atoms with van der Waals surface area (Å²) >= 11 is 0. The third-order valence-corrected chi connectivity index (χ3v) is 4.28. The second-order valence-electron chi connectivity index (χ2n) is 7.35. The van der Waals surface area contributed by atoms with Gasteiger partial charge in [0.15, 0.2) is 0 Å². The normalized spacial score (nSPS) is 20.4. The number of carbonyl (C=O) groups is 1. The standard InChI is InChI=1S/C17H30N4O2/c1-13(18-12-14-9-10-19-20(14)5)15-8-6-7-11-21(15)16(22)23-17(2,3)4/h9-10,13,15,18H,6-8,11-12H2,1-5H3/t13-,15+/m0/s1. The first-order chi connectivity index (χ1) is 10.8. The number of aryl methyl sites for hydroxylation is 1. The van der Waals surface area contributed by atoms with Crippen molar-refractivity contribution in [2.24, 2.45) is 7.05 Å². The molecule has 2 atom stereocenters. The molecule has 1 N–H and O–H groups in total. The fraction of sp³-hybridized carbons (Fsp3) is 0.765. The topological polar surface area (TPSA) is 59.4 Å². The van der Waals surface area contributed by atoms with Gasteiger partial charge in [-0.3, -0.25) is 4.68 Å². The van der Waals surface area contributed by atoms with Crippen LogP contribution >= 0.6 is 0 Å². The summed E-state index contributed by atoms with van der Waals surface area (Å²) in [5.41, 5.74) is 0.682. The molecule has 1 fully saturated rings. The molecule has 23 heavy (non-hydrogen) atoms. The number of nitrogens with one attached hydrogen (secondary N) is 1. The van der Waals surface area contributed by atoms with Gasteiger partial charge in [-0.05, 0) is 53.0 Å². The Morgan fingerprint density at radius 3 is 2.83 bits per heavy atom. The third-order valence-electron chi connectivity index (χ3n) is 4.28. The summed E-state index contributed by atoms with van der Waals surface area (Å²) in [5.74, 6) is 0. The number of amides is 1. The molecular formula is C17H30N4O2. The minimum atomic E-state index is -0.454. The lowest BCUT2D eigenvalue weighted by molar-refractivity contribution is 0.00550. The molecule has 1 aliphatic heterocycles. The molecule has 0 aliphatic carbocycles. The van der Waals surface area contributed by atoms with Gasteiger partial charge in [-0.1, -0.05) is 0 Å². The number of carbonyl (C=O) groups excluding carboxylic acids is 1. The summed E-state index contributed by atoms with van der Waals surface area (Å²) in [6.07, 6.45) is 4.82. The van der Waals surface area contributed by atoms with Gasteiger partial charge >= 0.3 is 6.09 Å². The van der Waals surface area contributed by atoms with Crippen LogP contribution in [0.4, 0.5) is 4.79 Å². The van der Waals surface area contributed by atoms with Crippen LogP contribution in [0.2, 0.25) is 0 Å². The molecule has 6 heteroatoms. The van der Waals surface area contributed by atoms with Gasteiger partial charge in [-0.2, -0.15) is 5.10 Å². The molecule has 130 valence electrons. The fourth-order valence-electron chi connectivity index (χ4n) is 3.00.